The Bertz CT molecular complexity index is 249. The number of likely N-dealkylation sites (tertiary alicyclic amines) is 1. The average molecular weight is 240 g/mol. The lowest BCUT2D eigenvalue weighted by atomic mass is 9.81. The SMILES string of the molecule is CNCC1CCN(C(=O)C(C)C(C)(C)C)CC1. The highest BCUT2D eigenvalue weighted by Crippen LogP contribution is 2.28. The molecule has 100 valence electrons. The average Bonchev–Trinajstić information content (AvgIpc) is 2.27. The maximum atomic E-state index is 12.3. The first-order valence-electron chi connectivity index (χ1n) is 6.79. The summed E-state index contributed by atoms with van der Waals surface area (Å²) in [5.41, 5.74) is 0.0684. The molecule has 1 aliphatic rings. The van der Waals surface area contributed by atoms with Gasteiger partial charge in [-0.05, 0) is 37.8 Å². The molecular weight excluding hydrogens is 212 g/mol. The second-order valence-corrected chi connectivity index (χ2v) is 6.41. The fraction of sp³-hybridized carbons (Fsp3) is 0.929. The lowest BCUT2D eigenvalue weighted by Crippen LogP contribution is -2.45. The lowest BCUT2D eigenvalue weighted by Gasteiger charge is -2.36. The molecule has 1 N–H and O–H groups in total. The van der Waals surface area contributed by atoms with E-state index < -0.39 is 0 Å². The van der Waals surface area contributed by atoms with Crippen LogP contribution in [0.2, 0.25) is 0 Å². The summed E-state index contributed by atoms with van der Waals surface area (Å²) in [5, 5.41) is 3.23. The number of amides is 1. The van der Waals surface area contributed by atoms with Gasteiger partial charge in [0.2, 0.25) is 5.91 Å². The van der Waals surface area contributed by atoms with E-state index in [1.807, 2.05) is 7.05 Å². The van der Waals surface area contributed by atoms with Crippen molar-refractivity contribution in [3.8, 4) is 0 Å². The molecular formula is C14H28N2O. The number of rotatable bonds is 3. The van der Waals surface area contributed by atoms with E-state index in [-0.39, 0.29) is 11.3 Å². The van der Waals surface area contributed by atoms with Crippen LogP contribution in [0.3, 0.4) is 0 Å². The van der Waals surface area contributed by atoms with Crippen LogP contribution in [0.25, 0.3) is 0 Å². The van der Waals surface area contributed by atoms with E-state index in [4.69, 9.17) is 0 Å². The quantitative estimate of drug-likeness (QED) is 0.819. The zero-order valence-electron chi connectivity index (χ0n) is 12.0. The highest BCUT2D eigenvalue weighted by Gasteiger charge is 2.32. The number of carbonyl (C=O) groups is 1. The Hall–Kier alpha value is -0.570. The maximum Gasteiger partial charge on any atom is 0.225 e. The van der Waals surface area contributed by atoms with Crippen molar-refractivity contribution < 1.29 is 4.79 Å². The molecule has 1 aliphatic heterocycles. The zero-order chi connectivity index (χ0) is 13.1. The molecule has 0 saturated carbocycles. The highest BCUT2D eigenvalue weighted by molar-refractivity contribution is 5.79. The molecule has 1 heterocycles. The van der Waals surface area contributed by atoms with Crippen molar-refractivity contribution in [2.24, 2.45) is 17.3 Å². The van der Waals surface area contributed by atoms with Gasteiger partial charge in [0.05, 0.1) is 0 Å². The van der Waals surface area contributed by atoms with E-state index in [0.29, 0.717) is 5.91 Å². The molecule has 1 amide bonds. The molecule has 3 nitrogen and oxygen atoms in total. The van der Waals surface area contributed by atoms with Crippen LogP contribution in [0.15, 0.2) is 0 Å². The topological polar surface area (TPSA) is 32.3 Å². The molecule has 0 bridgehead atoms. The van der Waals surface area contributed by atoms with Crippen molar-refractivity contribution in [2.45, 2.75) is 40.5 Å². The first-order chi connectivity index (χ1) is 7.86. The van der Waals surface area contributed by atoms with Crippen LogP contribution in [0.1, 0.15) is 40.5 Å². The minimum Gasteiger partial charge on any atom is -0.342 e. The predicted molar refractivity (Wildman–Crippen MR) is 71.8 cm³/mol. The van der Waals surface area contributed by atoms with E-state index in [1.54, 1.807) is 0 Å². The van der Waals surface area contributed by atoms with Gasteiger partial charge in [-0.2, -0.15) is 0 Å². The van der Waals surface area contributed by atoms with Gasteiger partial charge in [0.25, 0.3) is 0 Å². The summed E-state index contributed by atoms with van der Waals surface area (Å²) in [6.45, 7) is 11.4. The molecule has 0 aromatic carbocycles. The first-order valence-corrected chi connectivity index (χ1v) is 6.79. The fourth-order valence-corrected chi connectivity index (χ4v) is 2.29. The van der Waals surface area contributed by atoms with E-state index in [2.05, 4.69) is 37.9 Å². The summed E-state index contributed by atoms with van der Waals surface area (Å²) >= 11 is 0. The molecule has 1 saturated heterocycles. The van der Waals surface area contributed by atoms with Gasteiger partial charge in [0, 0.05) is 19.0 Å². The summed E-state index contributed by atoms with van der Waals surface area (Å²) in [7, 11) is 2.00. The van der Waals surface area contributed by atoms with Crippen molar-refractivity contribution in [1.82, 2.24) is 10.2 Å². The second-order valence-electron chi connectivity index (χ2n) is 6.41. The van der Waals surface area contributed by atoms with Crippen LogP contribution in [0.4, 0.5) is 0 Å². The molecule has 1 rings (SSSR count). The molecule has 0 aliphatic carbocycles. The minimum atomic E-state index is 0.0684. The summed E-state index contributed by atoms with van der Waals surface area (Å²) in [6, 6.07) is 0. The van der Waals surface area contributed by atoms with Crippen molar-refractivity contribution in [2.75, 3.05) is 26.7 Å². The van der Waals surface area contributed by atoms with Crippen LogP contribution < -0.4 is 5.32 Å². The van der Waals surface area contributed by atoms with Crippen molar-refractivity contribution in [1.29, 1.82) is 0 Å². The Morgan fingerprint density at radius 2 is 1.88 bits per heavy atom. The normalized spacial score (nSPS) is 20.4. The minimum absolute atomic E-state index is 0.0684. The molecule has 1 unspecified atom stereocenters. The monoisotopic (exact) mass is 240 g/mol. The number of piperidine rings is 1. The molecule has 17 heavy (non-hydrogen) atoms. The molecule has 3 heteroatoms. The van der Waals surface area contributed by atoms with Crippen LogP contribution >= 0.6 is 0 Å². The smallest absolute Gasteiger partial charge is 0.225 e. The van der Waals surface area contributed by atoms with E-state index >= 15 is 0 Å². The standard InChI is InChI=1S/C14H28N2O/c1-11(14(2,3)4)13(17)16-8-6-12(7-9-16)10-15-5/h11-12,15H,6-10H2,1-5H3. The van der Waals surface area contributed by atoms with Gasteiger partial charge in [-0.1, -0.05) is 27.7 Å². The third-order valence-electron chi connectivity index (χ3n) is 4.09. The van der Waals surface area contributed by atoms with Crippen molar-refractivity contribution in [3.63, 3.8) is 0 Å². The third-order valence-corrected chi connectivity index (χ3v) is 4.09. The van der Waals surface area contributed by atoms with Gasteiger partial charge >= 0.3 is 0 Å². The van der Waals surface area contributed by atoms with Gasteiger partial charge in [-0.3, -0.25) is 4.79 Å². The Balaban J connectivity index is 2.46. The van der Waals surface area contributed by atoms with Crippen molar-refractivity contribution >= 4 is 5.91 Å². The van der Waals surface area contributed by atoms with Gasteiger partial charge in [0.1, 0.15) is 0 Å². The summed E-state index contributed by atoms with van der Waals surface area (Å²) in [6.07, 6.45) is 2.28. The highest BCUT2D eigenvalue weighted by atomic mass is 16.2. The molecule has 1 atom stereocenters. The van der Waals surface area contributed by atoms with Crippen LogP contribution in [0.5, 0.6) is 0 Å². The molecule has 0 aromatic rings. The molecule has 0 aromatic heterocycles. The van der Waals surface area contributed by atoms with Gasteiger partial charge in [-0.25, -0.2) is 0 Å². The van der Waals surface area contributed by atoms with E-state index in [0.717, 1.165) is 38.4 Å². The summed E-state index contributed by atoms with van der Waals surface area (Å²) < 4.78 is 0. The number of hydrogen-bond donors (Lipinski definition) is 1. The zero-order valence-corrected chi connectivity index (χ0v) is 12.0. The van der Waals surface area contributed by atoms with Gasteiger partial charge in [0.15, 0.2) is 0 Å². The summed E-state index contributed by atoms with van der Waals surface area (Å²) in [4.78, 5) is 14.4. The number of carbonyl (C=O) groups excluding carboxylic acids is 1. The number of nitrogens with one attached hydrogen (secondary N) is 1. The van der Waals surface area contributed by atoms with Gasteiger partial charge in [-0.15, -0.1) is 0 Å². The second kappa shape index (κ2) is 5.85. The molecule has 0 radical (unpaired) electrons. The third kappa shape index (κ3) is 3.98. The number of nitrogens with zero attached hydrogens (tertiary/aromatic N) is 1. The Morgan fingerprint density at radius 1 is 1.35 bits per heavy atom. The number of hydrogen-bond acceptors (Lipinski definition) is 2. The first kappa shape index (κ1) is 14.5. The van der Waals surface area contributed by atoms with E-state index in [1.165, 1.54) is 0 Å². The maximum absolute atomic E-state index is 12.3. The molecule has 1 fully saturated rings. The molecule has 0 spiro atoms. The van der Waals surface area contributed by atoms with Crippen LogP contribution in [0, 0.1) is 17.3 Å². The van der Waals surface area contributed by atoms with Crippen LogP contribution in [-0.2, 0) is 4.79 Å². The van der Waals surface area contributed by atoms with E-state index in [9.17, 15) is 4.79 Å². The van der Waals surface area contributed by atoms with Crippen molar-refractivity contribution in [3.05, 3.63) is 0 Å². The Labute approximate surface area is 106 Å². The predicted octanol–water partition coefficient (Wildman–Crippen LogP) is 2.13. The largest absolute Gasteiger partial charge is 0.342 e. The van der Waals surface area contributed by atoms with Crippen LogP contribution in [-0.4, -0.2) is 37.5 Å². The Kier molecular flexibility index (Phi) is 4.99. The fourth-order valence-electron chi connectivity index (χ4n) is 2.29. The van der Waals surface area contributed by atoms with Gasteiger partial charge < -0.3 is 10.2 Å². The Morgan fingerprint density at radius 3 is 2.29 bits per heavy atom. The summed E-state index contributed by atoms with van der Waals surface area (Å²) in [5.74, 6) is 1.19. The lowest BCUT2D eigenvalue weighted by molar-refractivity contribution is -0.139.